The lowest BCUT2D eigenvalue weighted by molar-refractivity contribution is -0.134. The Labute approximate surface area is 122 Å². The highest BCUT2D eigenvalue weighted by atomic mass is 16.2. The summed E-state index contributed by atoms with van der Waals surface area (Å²) in [4.78, 5) is 25.4. The summed E-state index contributed by atoms with van der Waals surface area (Å²) >= 11 is 0. The number of amides is 2. The molecule has 0 saturated heterocycles. The van der Waals surface area contributed by atoms with Crippen LogP contribution in [0.25, 0.3) is 0 Å². The first-order valence-corrected chi connectivity index (χ1v) is 8.24. The van der Waals surface area contributed by atoms with Crippen molar-refractivity contribution in [3.05, 3.63) is 0 Å². The highest BCUT2D eigenvalue weighted by molar-refractivity contribution is 5.77. The van der Waals surface area contributed by atoms with Crippen molar-refractivity contribution in [2.75, 3.05) is 6.54 Å². The maximum absolute atomic E-state index is 12.4. The van der Waals surface area contributed by atoms with E-state index >= 15 is 0 Å². The van der Waals surface area contributed by atoms with Gasteiger partial charge in [0, 0.05) is 32.0 Å². The molecule has 2 fully saturated rings. The van der Waals surface area contributed by atoms with Gasteiger partial charge in [0.1, 0.15) is 0 Å². The maximum Gasteiger partial charge on any atom is 0.223 e. The van der Waals surface area contributed by atoms with Gasteiger partial charge in [0.25, 0.3) is 0 Å². The maximum atomic E-state index is 12.4. The van der Waals surface area contributed by atoms with Gasteiger partial charge in [-0.3, -0.25) is 9.59 Å². The van der Waals surface area contributed by atoms with E-state index in [2.05, 4.69) is 10.2 Å². The van der Waals surface area contributed by atoms with Crippen LogP contribution in [0.1, 0.15) is 71.1 Å². The van der Waals surface area contributed by atoms with E-state index in [9.17, 15) is 9.59 Å². The molecule has 0 atom stereocenters. The highest BCUT2D eigenvalue weighted by Crippen LogP contribution is 2.35. The predicted molar refractivity (Wildman–Crippen MR) is 79.3 cm³/mol. The Balaban J connectivity index is 1.63. The summed E-state index contributed by atoms with van der Waals surface area (Å²) in [5.74, 6) is 0.404. The molecule has 0 unspecified atom stereocenters. The van der Waals surface area contributed by atoms with Crippen LogP contribution in [0.2, 0.25) is 0 Å². The molecule has 20 heavy (non-hydrogen) atoms. The van der Waals surface area contributed by atoms with Gasteiger partial charge in [0.15, 0.2) is 0 Å². The standard InChI is InChI=1S/C16H28N2O2/c1-13(19)17-12-6-2-3-9-16(20)18(15-10-11-15)14-7-4-5-8-14/h14-15H,2-12H2,1H3,(H,17,19). The third-order valence-electron chi connectivity index (χ3n) is 4.39. The first kappa shape index (κ1) is 15.3. The zero-order valence-corrected chi connectivity index (χ0v) is 12.7. The fourth-order valence-electron chi connectivity index (χ4n) is 3.21. The first-order chi connectivity index (χ1) is 9.68. The monoisotopic (exact) mass is 280 g/mol. The van der Waals surface area contributed by atoms with Gasteiger partial charge in [-0.1, -0.05) is 19.3 Å². The number of hydrogen-bond donors (Lipinski definition) is 1. The lowest BCUT2D eigenvalue weighted by atomic mass is 10.1. The van der Waals surface area contributed by atoms with Crippen LogP contribution in [-0.2, 0) is 9.59 Å². The number of nitrogens with one attached hydrogen (secondary N) is 1. The Hall–Kier alpha value is -1.06. The van der Waals surface area contributed by atoms with Crippen LogP contribution < -0.4 is 5.32 Å². The molecule has 0 aromatic heterocycles. The number of carbonyl (C=O) groups is 2. The molecule has 2 rings (SSSR count). The molecule has 4 heteroatoms. The Morgan fingerprint density at radius 2 is 1.65 bits per heavy atom. The summed E-state index contributed by atoms with van der Waals surface area (Å²) in [7, 11) is 0. The van der Waals surface area contributed by atoms with Gasteiger partial charge in [-0.15, -0.1) is 0 Å². The second-order valence-electron chi connectivity index (χ2n) is 6.26. The van der Waals surface area contributed by atoms with Crippen molar-refractivity contribution < 1.29 is 9.59 Å². The van der Waals surface area contributed by atoms with Crippen molar-refractivity contribution in [2.45, 2.75) is 83.2 Å². The Bertz CT molecular complexity index is 333. The van der Waals surface area contributed by atoms with E-state index in [1.54, 1.807) is 6.92 Å². The smallest absolute Gasteiger partial charge is 0.223 e. The zero-order chi connectivity index (χ0) is 14.4. The summed E-state index contributed by atoms with van der Waals surface area (Å²) in [5.41, 5.74) is 0. The molecule has 2 aliphatic carbocycles. The van der Waals surface area contributed by atoms with Crippen molar-refractivity contribution in [3.8, 4) is 0 Å². The van der Waals surface area contributed by atoms with Crippen molar-refractivity contribution in [1.29, 1.82) is 0 Å². The zero-order valence-electron chi connectivity index (χ0n) is 12.7. The van der Waals surface area contributed by atoms with E-state index in [1.165, 1.54) is 38.5 Å². The van der Waals surface area contributed by atoms with Crippen molar-refractivity contribution in [3.63, 3.8) is 0 Å². The van der Waals surface area contributed by atoms with Crippen LogP contribution in [-0.4, -0.2) is 35.3 Å². The Morgan fingerprint density at radius 1 is 1.00 bits per heavy atom. The molecule has 0 aromatic carbocycles. The molecular formula is C16H28N2O2. The molecule has 114 valence electrons. The minimum Gasteiger partial charge on any atom is -0.356 e. The van der Waals surface area contributed by atoms with Gasteiger partial charge in [-0.25, -0.2) is 0 Å². The molecule has 0 bridgehead atoms. The quantitative estimate of drug-likeness (QED) is 0.695. The van der Waals surface area contributed by atoms with Crippen LogP contribution in [0.5, 0.6) is 0 Å². The second-order valence-corrected chi connectivity index (χ2v) is 6.26. The lowest BCUT2D eigenvalue weighted by Crippen LogP contribution is -2.40. The van der Waals surface area contributed by atoms with E-state index < -0.39 is 0 Å². The molecule has 1 N–H and O–H groups in total. The van der Waals surface area contributed by atoms with Gasteiger partial charge in [0.2, 0.25) is 11.8 Å². The van der Waals surface area contributed by atoms with Crippen LogP contribution >= 0.6 is 0 Å². The van der Waals surface area contributed by atoms with Gasteiger partial charge in [-0.05, 0) is 38.5 Å². The lowest BCUT2D eigenvalue weighted by Gasteiger charge is -2.29. The number of rotatable bonds is 8. The number of carbonyl (C=O) groups excluding carboxylic acids is 2. The highest BCUT2D eigenvalue weighted by Gasteiger charge is 2.37. The summed E-state index contributed by atoms with van der Waals surface area (Å²) < 4.78 is 0. The number of hydrogen-bond acceptors (Lipinski definition) is 2. The molecule has 2 aliphatic rings. The van der Waals surface area contributed by atoms with Gasteiger partial charge >= 0.3 is 0 Å². The molecular weight excluding hydrogens is 252 g/mol. The molecule has 0 heterocycles. The molecule has 4 nitrogen and oxygen atoms in total. The van der Waals surface area contributed by atoms with E-state index in [0.29, 0.717) is 24.4 Å². The van der Waals surface area contributed by atoms with Crippen LogP contribution in [0.4, 0.5) is 0 Å². The topological polar surface area (TPSA) is 49.4 Å². The normalized spacial score (nSPS) is 19.1. The Morgan fingerprint density at radius 3 is 2.25 bits per heavy atom. The van der Waals surface area contributed by atoms with E-state index in [4.69, 9.17) is 0 Å². The predicted octanol–water partition coefficient (Wildman–Crippen LogP) is 2.62. The van der Waals surface area contributed by atoms with Crippen LogP contribution in [0, 0.1) is 0 Å². The summed E-state index contributed by atoms with van der Waals surface area (Å²) in [5, 5.41) is 2.80. The van der Waals surface area contributed by atoms with E-state index in [-0.39, 0.29) is 5.91 Å². The van der Waals surface area contributed by atoms with Crippen molar-refractivity contribution >= 4 is 11.8 Å². The molecule has 2 saturated carbocycles. The Kier molecular flexibility index (Phi) is 5.86. The number of unbranched alkanes of at least 4 members (excludes halogenated alkanes) is 2. The molecule has 0 spiro atoms. The van der Waals surface area contributed by atoms with Crippen LogP contribution in [0.15, 0.2) is 0 Å². The molecule has 0 radical (unpaired) electrons. The number of nitrogens with zero attached hydrogens (tertiary/aromatic N) is 1. The fourth-order valence-corrected chi connectivity index (χ4v) is 3.21. The minimum atomic E-state index is 0.0298. The summed E-state index contributed by atoms with van der Waals surface area (Å²) in [6.07, 6.45) is 11.1. The SMILES string of the molecule is CC(=O)NCCCCCC(=O)N(C1CCCC1)C1CC1. The third-order valence-corrected chi connectivity index (χ3v) is 4.39. The summed E-state index contributed by atoms with van der Waals surface area (Å²) in [6.45, 7) is 2.27. The van der Waals surface area contributed by atoms with Gasteiger partial charge in [0.05, 0.1) is 0 Å². The van der Waals surface area contributed by atoms with Gasteiger partial charge in [-0.2, -0.15) is 0 Å². The average molecular weight is 280 g/mol. The molecule has 0 aliphatic heterocycles. The third kappa shape index (κ3) is 4.80. The van der Waals surface area contributed by atoms with Gasteiger partial charge < -0.3 is 10.2 Å². The minimum absolute atomic E-state index is 0.0298. The fraction of sp³-hybridized carbons (Fsp3) is 0.875. The second kappa shape index (κ2) is 7.65. The average Bonchev–Trinajstić information content (AvgIpc) is 3.08. The molecule has 0 aromatic rings. The summed E-state index contributed by atoms with van der Waals surface area (Å²) in [6, 6.07) is 1.10. The van der Waals surface area contributed by atoms with E-state index in [1.807, 2.05) is 0 Å². The first-order valence-electron chi connectivity index (χ1n) is 8.24. The largest absolute Gasteiger partial charge is 0.356 e. The molecule has 2 amide bonds. The van der Waals surface area contributed by atoms with Crippen molar-refractivity contribution in [1.82, 2.24) is 10.2 Å². The van der Waals surface area contributed by atoms with Crippen molar-refractivity contribution in [2.24, 2.45) is 0 Å². The van der Waals surface area contributed by atoms with E-state index in [0.717, 1.165) is 25.8 Å². The van der Waals surface area contributed by atoms with Crippen LogP contribution in [0.3, 0.4) is 0 Å².